The molecule has 0 bridgehead atoms. The minimum Gasteiger partial charge on any atom is -0.481 e. The molecule has 1 aromatic rings. The van der Waals surface area contributed by atoms with E-state index in [-0.39, 0.29) is 23.8 Å². The Morgan fingerprint density at radius 3 is 2.71 bits per heavy atom. The zero-order chi connectivity index (χ0) is 17.3. The van der Waals surface area contributed by atoms with Crippen LogP contribution in [-0.4, -0.2) is 42.1 Å². The van der Waals surface area contributed by atoms with Gasteiger partial charge in [-0.1, -0.05) is 20.3 Å². The number of carbonyl (C=O) groups is 1. The van der Waals surface area contributed by atoms with Gasteiger partial charge in [-0.3, -0.25) is 4.79 Å². The molecule has 1 aliphatic heterocycles. The van der Waals surface area contributed by atoms with Crippen LogP contribution in [0.25, 0.3) is 0 Å². The Labute approximate surface area is 143 Å². The molecular weight excluding hydrogens is 306 g/mol. The fraction of sp³-hybridized carbons (Fsp3) is 0.706. The Hall–Kier alpha value is -2.05. The van der Waals surface area contributed by atoms with E-state index in [1.165, 1.54) is 6.42 Å². The van der Waals surface area contributed by atoms with Gasteiger partial charge in [-0.25, -0.2) is 0 Å². The summed E-state index contributed by atoms with van der Waals surface area (Å²) >= 11 is 0. The van der Waals surface area contributed by atoms with Gasteiger partial charge in [0.2, 0.25) is 17.7 Å². The van der Waals surface area contributed by atoms with Gasteiger partial charge in [0.1, 0.15) is 5.82 Å². The first-order chi connectivity index (χ1) is 11.5. The number of carbonyl (C=O) groups excluding carboxylic acids is 1. The molecule has 1 saturated carbocycles. The zero-order valence-corrected chi connectivity index (χ0v) is 14.7. The van der Waals surface area contributed by atoms with Crippen molar-refractivity contribution >= 4 is 17.7 Å². The monoisotopic (exact) mass is 333 g/mol. The number of methoxy groups -OCH3 is 1. The molecule has 1 saturated heterocycles. The van der Waals surface area contributed by atoms with Crippen molar-refractivity contribution in [1.29, 1.82) is 0 Å². The van der Waals surface area contributed by atoms with Crippen LogP contribution in [0.5, 0.6) is 5.88 Å². The lowest BCUT2D eigenvalue weighted by Crippen LogP contribution is -2.46. The van der Waals surface area contributed by atoms with Gasteiger partial charge in [-0.2, -0.15) is 9.97 Å². The molecule has 7 heteroatoms. The first kappa shape index (κ1) is 16.8. The van der Waals surface area contributed by atoms with Gasteiger partial charge in [-0.05, 0) is 18.8 Å². The molecule has 2 aliphatic rings. The smallest absolute Gasteiger partial charge is 0.225 e. The van der Waals surface area contributed by atoms with Gasteiger partial charge in [0, 0.05) is 31.0 Å². The van der Waals surface area contributed by atoms with E-state index in [2.05, 4.69) is 34.0 Å². The van der Waals surface area contributed by atoms with E-state index >= 15 is 0 Å². The summed E-state index contributed by atoms with van der Waals surface area (Å²) < 4.78 is 5.19. The first-order valence-electron chi connectivity index (χ1n) is 8.71. The third kappa shape index (κ3) is 3.39. The highest BCUT2D eigenvalue weighted by Gasteiger charge is 2.38. The molecule has 2 unspecified atom stereocenters. The van der Waals surface area contributed by atoms with Crippen LogP contribution in [0.15, 0.2) is 6.07 Å². The summed E-state index contributed by atoms with van der Waals surface area (Å²) in [5.41, 5.74) is 5.78. The van der Waals surface area contributed by atoms with Crippen LogP contribution >= 0.6 is 0 Å². The third-order valence-electron chi connectivity index (χ3n) is 5.26. The fourth-order valence-corrected chi connectivity index (χ4v) is 3.51. The molecule has 132 valence electrons. The first-order valence-corrected chi connectivity index (χ1v) is 8.71. The number of rotatable bonds is 5. The molecule has 0 radical (unpaired) electrons. The number of hydrogen-bond acceptors (Lipinski definition) is 6. The molecule has 3 rings (SSSR count). The summed E-state index contributed by atoms with van der Waals surface area (Å²) in [5, 5.41) is 3.27. The summed E-state index contributed by atoms with van der Waals surface area (Å²) in [5.74, 6) is 2.69. The number of amides is 1. The average molecular weight is 333 g/mol. The molecule has 2 atom stereocenters. The summed E-state index contributed by atoms with van der Waals surface area (Å²) in [4.78, 5) is 22.9. The van der Waals surface area contributed by atoms with Gasteiger partial charge < -0.3 is 20.7 Å². The lowest BCUT2D eigenvalue weighted by molar-refractivity contribution is -0.128. The van der Waals surface area contributed by atoms with Crippen molar-refractivity contribution in [3.63, 3.8) is 0 Å². The number of hydrogen-bond donors (Lipinski definition) is 2. The van der Waals surface area contributed by atoms with E-state index in [0.29, 0.717) is 17.7 Å². The Balaban J connectivity index is 1.74. The average Bonchev–Trinajstić information content (AvgIpc) is 2.88. The number of nitrogen functional groups attached to an aromatic ring is 1. The summed E-state index contributed by atoms with van der Waals surface area (Å²) in [6.45, 7) is 5.98. The Bertz CT molecular complexity index is 603. The number of aromatic nitrogens is 2. The molecule has 7 nitrogen and oxygen atoms in total. The van der Waals surface area contributed by atoms with Gasteiger partial charge in [0.05, 0.1) is 13.2 Å². The lowest BCUT2D eigenvalue weighted by Gasteiger charge is -2.28. The normalized spacial score (nSPS) is 24.1. The molecule has 1 amide bonds. The number of nitrogens with two attached hydrogens (primary N) is 1. The van der Waals surface area contributed by atoms with Crippen LogP contribution in [0.3, 0.4) is 0 Å². The van der Waals surface area contributed by atoms with E-state index < -0.39 is 0 Å². The highest BCUT2D eigenvalue weighted by atomic mass is 16.5. The van der Waals surface area contributed by atoms with E-state index in [1.54, 1.807) is 13.2 Å². The minimum atomic E-state index is 0.139. The topological polar surface area (TPSA) is 93.4 Å². The van der Waals surface area contributed by atoms with Crippen LogP contribution in [0.4, 0.5) is 11.8 Å². The fourth-order valence-electron chi connectivity index (χ4n) is 3.51. The zero-order valence-electron chi connectivity index (χ0n) is 14.7. The van der Waals surface area contributed by atoms with Crippen molar-refractivity contribution in [2.75, 3.05) is 30.8 Å². The van der Waals surface area contributed by atoms with Crippen LogP contribution in [0.1, 0.15) is 33.1 Å². The van der Waals surface area contributed by atoms with Crippen molar-refractivity contribution in [1.82, 2.24) is 15.3 Å². The Morgan fingerprint density at radius 1 is 1.38 bits per heavy atom. The maximum Gasteiger partial charge on any atom is 0.225 e. The minimum absolute atomic E-state index is 0.139. The second-order valence-electron chi connectivity index (χ2n) is 7.18. The summed E-state index contributed by atoms with van der Waals surface area (Å²) in [7, 11) is 1.56. The van der Waals surface area contributed by atoms with Crippen molar-refractivity contribution in [2.24, 2.45) is 17.8 Å². The van der Waals surface area contributed by atoms with Crippen LogP contribution < -0.4 is 20.7 Å². The van der Waals surface area contributed by atoms with E-state index in [0.717, 1.165) is 31.7 Å². The standard InChI is InChI=1S/C17H27N5O2/c1-10(2)12-8-22(14-7-15(24-3)21-17(18)20-14)9-13(12)19-16(23)11-5-4-6-11/h7,10-13H,4-6,8-9H2,1-3H3,(H,19,23)(H2,18,20,21). The van der Waals surface area contributed by atoms with Crippen LogP contribution in [-0.2, 0) is 4.79 Å². The number of ether oxygens (including phenoxy) is 1. The predicted octanol–water partition coefficient (Wildman–Crippen LogP) is 1.44. The van der Waals surface area contributed by atoms with Crippen molar-refractivity contribution < 1.29 is 9.53 Å². The predicted molar refractivity (Wildman–Crippen MR) is 92.8 cm³/mol. The molecule has 1 aromatic heterocycles. The van der Waals surface area contributed by atoms with Gasteiger partial charge in [-0.15, -0.1) is 0 Å². The van der Waals surface area contributed by atoms with Crippen molar-refractivity contribution in [3.05, 3.63) is 6.07 Å². The largest absolute Gasteiger partial charge is 0.481 e. The van der Waals surface area contributed by atoms with E-state index in [9.17, 15) is 4.79 Å². The quantitative estimate of drug-likeness (QED) is 0.847. The highest BCUT2D eigenvalue weighted by Crippen LogP contribution is 2.31. The Kier molecular flexibility index (Phi) is 4.78. The van der Waals surface area contributed by atoms with Crippen LogP contribution in [0, 0.1) is 17.8 Å². The second kappa shape index (κ2) is 6.83. The number of anilines is 2. The third-order valence-corrected chi connectivity index (χ3v) is 5.26. The summed E-state index contributed by atoms with van der Waals surface area (Å²) in [6, 6.07) is 1.93. The molecule has 2 fully saturated rings. The SMILES string of the molecule is COc1cc(N2CC(NC(=O)C3CCC3)C(C(C)C)C2)nc(N)n1. The molecule has 0 spiro atoms. The van der Waals surface area contributed by atoms with Gasteiger partial charge in [0.25, 0.3) is 0 Å². The summed E-state index contributed by atoms with van der Waals surface area (Å²) in [6.07, 6.45) is 3.21. The van der Waals surface area contributed by atoms with E-state index in [1.807, 2.05) is 0 Å². The molecule has 3 N–H and O–H groups in total. The number of nitrogens with zero attached hydrogens (tertiary/aromatic N) is 3. The molecule has 24 heavy (non-hydrogen) atoms. The highest BCUT2D eigenvalue weighted by molar-refractivity contribution is 5.79. The number of nitrogens with one attached hydrogen (secondary N) is 1. The van der Waals surface area contributed by atoms with Crippen LogP contribution in [0.2, 0.25) is 0 Å². The van der Waals surface area contributed by atoms with Gasteiger partial charge >= 0.3 is 0 Å². The lowest BCUT2D eigenvalue weighted by atomic mass is 9.84. The Morgan fingerprint density at radius 2 is 2.12 bits per heavy atom. The maximum atomic E-state index is 12.4. The molecule has 1 aliphatic carbocycles. The van der Waals surface area contributed by atoms with Gasteiger partial charge in [0.15, 0.2) is 0 Å². The van der Waals surface area contributed by atoms with Crippen molar-refractivity contribution in [3.8, 4) is 5.88 Å². The maximum absolute atomic E-state index is 12.4. The van der Waals surface area contributed by atoms with Crippen molar-refractivity contribution in [2.45, 2.75) is 39.2 Å². The molecular formula is C17H27N5O2. The van der Waals surface area contributed by atoms with E-state index in [4.69, 9.17) is 10.5 Å². The molecule has 2 heterocycles. The molecule has 0 aromatic carbocycles. The second-order valence-corrected chi connectivity index (χ2v) is 7.18.